The van der Waals surface area contributed by atoms with Crippen LogP contribution in [0.2, 0.25) is 0 Å². The third-order valence-corrected chi connectivity index (χ3v) is 2.43. The second-order valence-electron chi connectivity index (χ2n) is 3.37. The number of pyridine rings is 1. The lowest BCUT2D eigenvalue weighted by atomic mass is 10.2. The molecule has 2 heterocycles. The van der Waals surface area contributed by atoms with Crippen molar-refractivity contribution in [2.45, 2.75) is 26.8 Å². The summed E-state index contributed by atoms with van der Waals surface area (Å²) in [7, 11) is 0. The van der Waals surface area contributed by atoms with Gasteiger partial charge in [-0.1, -0.05) is 6.92 Å². The number of hydrogen-bond acceptors (Lipinski definition) is 3. The molecule has 0 aliphatic heterocycles. The highest BCUT2D eigenvalue weighted by Crippen LogP contribution is 2.14. The second kappa shape index (κ2) is 3.81. The Hall–Kier alpha value is -1.71. The van der Waals surface area contributed by atoms with Crippen LogP contribution in [0.3, 0.4) is 0 Å². The zero-order valence-electron chi connectivity index (χ0n) is 8.90. The van der Waals surface area contributed by atoms with Crippen LogP contribution in [0.5, 0.6) is 0 Å². The van der Waals surface area contributed by atoms with Crippen molar-refractivity contribution in [1.82, 2.24) is 14.8 Å². The molecule has 0 aliphatic rings. The Morgan fingerprint density at radius 3 is 2.87 bits per heavy atom. The average Bonchev–Trinajstić information content (AvgIpc) is 2.69. The number of hydrogen-bond donors (Lipinski definition) is 0. The summed E-state index contributed by atoms with van der Waals surface area (Å²) in [6.45, 7) is 4.66. The number of fused-ring (bicyclic) bond motifs is 1. The molecule has 4 nitrogen and oxygen atoms in total. The van der Waals surface area contributed by atoms with Gasteiger partial charge in [0.15, 0.2) is 5.78 Å². The molecule has 0 saturated carbocycles. The third kappa shape index (κ3) is 1.63. The SMILES string of the molecule is CCC(=O)c1cc2c(cn1)cnn2CC. The van der Waals surface area contributed by atoms with Gasteiger partial charge < -0.3 is 0 Å². The molecule has 0 bridgehead atoms. The van der Waals surface area contributed by atoms with Crippen molar-refractivity contribution >= 4 is 16.7 Å². The van der Waals surface area contributed by atoms with Crippen LogP contribution in [0.1, 0.15) is 30.8 Å². The summed E-state index contributed by atoms with van der Waals surface area (Å²) in [6.07, 6.45) is 3.96. The van der Waals surface area contributed by atoms with Crippen LogP contribution in [-0.4, -0.2) is 20.5 Å². The second-order valence-corrected chi connectivity index (χ2v) is 3.37. The highest BCUT2D eigenvalue weighted by atomic mass is 16.1. The Morgan fingerprint density at radius 1 is 1.40 bits per heavy atom. The van der Waals surface area contributed by atoms with E-state index in [1.807, 2.05) is 24.6 Å². The van der Waals surface area contributed by atoms with Crippen LogP contribution in [0, 0.1) is 0 Å². The molecule has 0 aliphatic carbocycles. The quantitative estimate of drug-likeness (QED) is 0.717. The molecule has 4 heteroatoms. The number of rotatable bonds is 3. The monoisotopic (exact) mass is 203 g/mol. The van der Waals surface area contributed by atoms with Crippen molar-refractivity contribution in [3.63, 3.8) is 0 Å². The van der Waals surface area contributed by atoms with Gasteiger partial charge in [0, 0.05) is 24.5 Å². The molecule has 78 valence electrons. The van der Waals surface area contributed by atoms with Crippen LogP contribution in [0.4, 0.5) is 0 Å². The molecule has 2 rings (SSSR count). The Bertz CT molecular complexity index is 502. The molecule has 2 aromatic heterocycles. The molecule has 0 amide bonds. The van der Waals surface area contributed by atoms with E-state index in [-0.39, 0.29) is 5.78 Å². The molecular formula is C11H13N3O. The first-order chi connectivity index (χ1) is 7.26. The first-order valence-electron chi connectivity index (χ1n) is 5.11. The molecule has 0 fully saturated rings. The van der Waals surface area contributed by atoms with Crippen molar-refractivity contribution in [3.05, 3.63) is 24.2 Å². The Balaban J connectivity index is 2.57. The maximum absolute atomic E-state index is 11.5. The summed E-state index contributed by atoms with van der Waals surface area (Å²) in [4.78, 5) is 15.6. The zero-order valence-corrected chi connectivity index (χ0v) is 8.90. The molecule has 0 unspecified atom stereocenters. The minimum absolute atomic E-state index is 0.0701. The average molecular weight is 203 g/mol. The molecule has 0 saturated heterocycles. The number of Topliss-reactive ketones (excluding diaryl/α,β-unsaturated/α-hetero) is 1. The van der Waals surface area contributed by atoms with Gasteiger partial charge in [-0.15, -0.1) is 0 Å². The molecule has 0 N–H and O–H groups in total. The van der Waals surface area contributed by atoms with Gasteiger partial charge in [-0.3, -0.25) is 14.5 Å². The molecule has 0 atom stereocenters. The third-order valence-electron chi connectivity index (χ3n) is 2.43. The van der Waals surface area contributed by atoms with Crippen LogP contribution in [0.15, 0.2) is 18.5 Å². The lowest BCUT2D eigenvalue weighted by molar-refractivity contribution is 0.0983. The fourth-order valence-corrected chi connectivity index (χ4v) is 1.56. The lowest BCUT2D eigenvalue weighted by Crippen LogP contribution is -2.01. The van der Waals surface area contributed by atoms with E-state index in [2.05, 4.69) is 10.1 Å². The van der Waals surface area contributed by atoms with E-state index < -0.39 is 0 Å². The van der Waals surface area contributed by atoms with E-state index in [1.54, 1.807) is 12.4 Å². The van der Waals surface area contributed by atoms with Crippen LogP contribution < -0.4 is 0 Å². The number of carbonyl (C=O) groups excluding carboxylic acids is 1. The Kier molecular flexibility index (Phi) is 2.49. The van der Waals surface area contributed by atoms with Crippen molar-refractivity contribution in [3.8, 4) is 0 Å². The van der Waals surface area contributed by atoms with E-state index in [0.717, 1.165) is 17.4 Å². The predicted octanol–water partition coefficient (Wildman–Crippen LogP) is 2.04. The number of aromatic nitrogens is 3. The largest absolute Gasteiger partial charge is 0.292 e. The van der Waals surface area contributed by atoms with Crippen molar-refractivity contribution in [1.29, 1.82) is 0 Å². The van der Waals surface area contributed by atoms with Gasteiger partial charge in [-0.05, 0) is 13.0 Å². The van der Waals surface area contributed by atoms with Gasteiger partial charge in [-0.25, -0.2) is 0 Å². The van der Waals surface area contributed by atoms with Crippen molar-refractivity contribution in [2.75, 3.05) is 0 Å². The fourth-order valence-electron chi connectivity index (χ4n) is 1.56. The molecule has 0 aromatic carbocycles. The van der Waals surface area contributed by atoms with Crippen LogP contribution in [-0.2, 0) is 6.54 Å². The van der Waals surface area contributed by atoms with Crippen LogP contribution in [0.25, 0.3) is 10.9 Å². The summed E-state index contributed by atoms with van der Waals surface area (Å²) in [6, 6.07) is 1.82. The number of ketones is 1. The maximum atomic E-state index is 11.5. The Morgan fingerprint density at radius 2 is 2.20 bits per heavy atom. The molecular weight excluding hydrogens is 190 g/mol. The van der Waals surface area contributed by atoms with E-state index in [0.29, 0.717) is 12.1 Å². The van der Waals surface area contributed by atoms with Gasteiger partial charge in [0.05, 0.1) is 11.7 Å². The first-order valence-corrected chi connectivity index (χ1v) is 5.11. The van der Waals surface area contributed by atoms with Crippen molar-refractivity contribution in [2.24, 2.45) is 0 Å². The predicted molar refractivity (Wildman–Crippen MR) is 57.8 cm³/mol. The fraction of sp³-hybridized carbons (Fsp3) is 0.364. The summed E-state index contributed by atoms with van der Waals surface area (Å²) in [5.41, 5.74) is 1.50. The highest BCUT2D eigenvalue weighted by Gasteiger charge is 2.08. The van der Waals surface area contributed by atoms with Gasteiger partial charge in [0.1, 0.15) is 5.69 Å². The van der Waals surface area contributed by atoms with E-state index in [9.17, 15) is 4.79 Å². The minimum Gasteiger partial charge on any atom is -0.292 e. The highest BCUT2D eigenvalue weighted by molar-refractivity contribution is 5.96. The van der Waals surface area contributed by atoms with Gasteiger partial charge in [0.25, 0.3) is 0 Å². The Labute approximate surface area is 87.9 Å². The normalized spacial score (nSPS) is 10.8. The number of carbonyl (C=O) groups is 1. The number of aryl methyl sites for hydroxylation is 1. The van der Waals surface area contributed by atoms with E-state index >= 15 is 0 Å². The summed E-state index contributed by atoms with van der Waals surface area (Å²) < 4.78 is 1.86. The zero-order chi connectivity index (χ0) is 10.8. The van der Waals surface area contributed by atoms with Crippen molar-refractivity contribution < 1.29 is 4.79 Å². The van der Waals surface area contributed by atoms with E-state index in [4.69, 9.17) is 0 Å². The minimum atomic E-state index is 0.0701. The van der Waals surface area contributed by atoms with Gasteiger partial charge >= 0.3 is 0 Å². The van der Waals surface area contributed by atoms with E-state index in [1.165, 1.54) is 0 Å². The first kappa shape index (κ1) is 9.83. The van der Waals surface area contributed by atoms with Gasteiger partial charge in [0.2, 0.25) is 0 Å². The number of nitrogens with zero attached hydrogens (tertiary/aromatic N) is 3. The molecule has 15 heavy (non-hydrogen) atoms. The molecule has 0 spiro atoms. The summed E-state index contributed by atoms with van der Waals surface area (Å²) in [5, 5.41) is 5.18. The standard InChI is InChI=1S/C11H13N3O/c1-3-11(15)9-5-10-8(6-12-9)7-13-14(10)4-2/h5-7H,3-4H2,1-2H3. The maximum Gasteiger partial charge on any atom is 0.180 e. The molecule has 0 radical (unpaired) electrons. The molecule has 2 aromatic rings. The van der Waals surface area contributed by atoms with Crippen LogP contribution >= 0.6 is 0 Å². The topological polar surface area (TPSA) is 47.8 Å². The smallest absolute Gasteiger partial charge is 0.180 e. The lowest BCUT2D eigenvalue weighted by Gasteiger charge is -2.00. The summed E-state index contributed by atoms with van der Waals surface area (Å²) >= 11 is 0. The van der Waals surface area contributed by atoms with Gasteiger partial charge in [-0.2, -0.15) is 5.10 Å². The summed E-state index contributed by atoms with van der Waals surface area (Å²) in [5.74, 6) is 0.0701.